The van der Waals surface area contributed by atoms with E-state index in [1.807, 2.05) is 4.90 Å². The fourth-order valence-electron chi connectivity index (χ4n) is 3.69. The maximum Gasteiger partial charge on any atom is 0.321 e. The molecule has 1 aromatic rings. The lowest BCUT2D eigenvalue weighted by Crippen LogP contribution is -2.52. The molecule has 0 atom stereocenters. The number of nitrogens with one attached hydrogen (secondary N) is 1. The Balaban J connectivity index is 1.50. The van der Waals surface area contributed by atoms with Gasteiger partial charge in [-0.1, -0.05) is 48.9 Å². The number of hydrogen-bond donors (Lipinski definition) is 1. The number of amides is 2. The van der Waals surface area contributed by atoms with E-state index < -0.39 is 0 Å². The number of anilines is 1. The van der Waals surface area contributed by atoms with Gasteiger partial charge >= 0.3 is 6.03 Å². The van der Waals surface area contributed by atoms with E-state index in [2.05, 4.69) is 10.2 Å². The SMILES string of the molecule is O=C(Nc1ccc(Cl)c(Cl)c1)N1CCN(C2CCCCCC2)CC1. The van der Waals surface area contributed by atoms with Gasteiger partial charge in [0.1, 0.15) is 0 Å². The van der Waals surface area contributed by atoms with Crippen LogP contribution in [-0.2, 0) is 0 Å². The highest BCUT2D eigenvalue weighted by atomic mass is 35.5. The molecule has 2 amide bonds. The predicted octanol–water partition coefficient (Wildman–Crippen LogP) is 4.87. The average Bonchev–Trinajstić information content (AvgIpc) is 2.88. The average molecular weight is 370 g/mol. The summed E-state index contributed by atoms with van der Waals surface area (Å²) in [4.78, 5) is 16.9. The summed E-state index contributed by atoms with van der Waals surface area (Å²) in [7, 11) is 0. The van der Waals surface area contributed by atoms with Crippen LogP contribution in [0.1, 0.15) is 38.5 Å². The van der Waals surface area contributed by atoms with Gasteiger partial charge in [-0.15, -0.1) is 0 Å². The Kier molecular flexibility index (Phi) is 6.25. The third-order valence-corrected chi connectivity index (χ3v) is 5.85. The number of hydrogen-bond acceptors (Lipinski definition) is 2. The number of halogens is 2. The van der Waals surface area contributed by atoms with Gasteiger partial charge in [-0.2, -0.15) is 0 Å². The summed E-state index contributed by atoms with van der Waals surface area (Å²) in [6.07, 6.45) is 8.08. The predicted molar refractivity (Wildman–Crippen MR) is 100 cm³/mol. The van der Waals surface area contributed by atoms with Crippen LogP contribution in [0.25, 0.3) is 0 Å². The number of urea groups is 1. The third-order valence-electron chi connectivity index (χ3n) is 5.11. The molecule has 0 spiro atoms. The first-order valence-electron chi connectivity index (χ1n) is 8.88. The van der Waals surface area contributed by atoms with Gasteiger partial charge in [0.2, 0.25) is 0 Å². The van der Waals surface area contributed by atoms with E-state index in [0.717, 1.165) is 26.2 Å². The lowest BCUT2D eigenvalue weighted by molar-refractivity contribution is 0.105. The smallest absolute Gasteiger partial charge is 0.321 e. The molecule has 1 saturated carbocycles. The van der Waals surface area contributed by atoms with Crippen molar-refractivity contribution in [2.75, 3.05) is 31.5 Å². The first kappa shape index (κ1) is 17.8. The number of carbonyl (C=O) groups is 1. The Morgan fingerprint density at radius 2 is 1.62 bits per heavy atom. The van der Waals surface area contributed by atoms with Gasteiger partial charge in [-0.3, -0.25) is 4.90 Å². The highest BCUT2D eigenvalue weighted by Crippen LogP contribution is 2.26. The molecule has 1 aliphatic heterocycles. The Morgan fingerprint density at radius 1 is 0.958 bits per heavy atom. The standard InChI is InChI=1S/C18H25Cl2N3O/c19-16-8-7-14(13-17(16)20)21-18(24)23-11-9-22(10-12-23)15-5-3-1-2-4-6-15/h7-8,13,15H,1-6,9-12H2,(H,21,24). The number of benzene rings is 1. The van der Waals surface area contributed by atoms with Crippen molar-refractivity contribution < 1.29 is 4.79 Å². The van der Waals surface area contributed by atoms with E-state index in [-0.39, 0.29) is 6.03 Å². The van der Waals surface area contributed by atoms with Gasteiger partial charge in [0.25, 0.3) is 0 Å². The lowest BCUT2D eigenvalue weighted by Gasteiger charge is -2.39. The summed E-state index contributed by atoms with van der Waals surface area (Å²) in [5, 5.41) is 3.85. The minimum absolute atomic E-state index is 0.0612. The summed E-state index contributed by atoms with van der Waals surface area (Å²) >= 11 is 11.9. The maximum atomic E-state index is 12.4. The molecule has 0 bridgehead atoms. The van der Waals surface area contributed by atoms with E-state index >= 15 is 0 Å². The molecule has 0 aromatic heterocycles. The largest absolute Gasteiger partial charge is 0.322 e. The summed E-state index contributed by atoms with van der Waals surface area (Å²) in [6, 6.07) is 5.81. The molecule has 2 fully saturated rings. The number of carbonyl (C=O) groups excluding carboxylic acids is 1. The first-order chi connectivity index (χ1) is 11.6. The monoisotopic (exact) mass is 369 g/mol. The summed E-state index contributed by atoms with van der Waals surface area (Å²) in [5.74, 6) is 0. The highest BCUT2D eigenvalue weighted by Gasteiger charge is 2.26. The second kappa shape index (κ2) is 8.41. The normalized spacial score (nSPS) is 20.7. The van der Waals surface area contributed by atoms with Crippen LogP contribution in [0.4, 0.5) is 10.5 Å². The molecule has 24 heavy (non-hydrogen) atoms. The number of piperazine rings is 1. The molecular weight excluding hydrogens is 345 g/mol. The van der Waals surface area contributed by atoms with Crippen molar-refractivity contribution in [1.29, 1.82) is 0 Å². The highest BCUT2D eigenvalue weighted by molar-refractivity contribution is 6.42. The van der Waals surface area contributed by atoms with Crippen LogP contribution >= 0.6 is 23.2 Å². The molecule has 4 nitrogen and oxygen atoms in total. The zero-order chi connectivity index (χ0) is 16.9. The molecule has 0 radical (unpaired) electrons. The molecule has 1 N–H and O–H groups in total. The molecule has 0 unspecified atom stereocenters. The zero-order valence-electron chi connectivity index (χ0n) is 13.9. The second-order valence-electron chi connectivity index (χ2n) is 6.73. The van der Waals surface area contributed by atoms with Crippen LogP contribution < -0.4 is 5.32 Å². The van der Waals surface area contributed by atoms with Crippen LogP contribution in [0.2, 0.25) is 10.0 Å². The van der Waals surface area contributed by atoms with Crippen molar-refractivity contribution in [2.24, 2.45) is 0 Å². The Hall–Kier alpha value is -0.970. The fraction of sp³-hybridized carbons (Fsp3) is 0.611. The van der Waals surface area contributed by atoms with Crippen molar-refractivity contribution in [2.45, 2.75) is 44.6 Å². The molecule has 1 saturated heterocycles. The Morgan fingerprint density at radius 3 is 2.25 bits per heavy atom. The van der Waals surface area contributed by atoms with E-state index in [4.69, 9.17) is 23.2 Å². The molecule has 2 aliphatic rings. The molecule has 1 aromatic carbocycles. The Bertz CT molecular complexity index is 565. The first-order valence-corrected chi connectivity index (χ1v) is 9.64. The van der Waals surface area contributed by atoms with Crippen molar-refractivity contribution in [3.63, 3.8) is 0 Å². The minimum Gasteiger partial charge on any atom is -0.322 e. The van der Waals surface area contributed by atoms with Crippen LogP contribution in [0, 0.1) is 0 Å². The van der Waals surface area contributed by atoms with Gasteiger partial charge < -0.3 is 10.2 Å². The topological polar surface area (TPSA) is 35.6 Å². The summed E-state index contributed by atoms with van der Waals surface area (Å²) in [6.45, 7) is 3.51. The molecule has 1 heterocycles. The zero-order valence-corrected chi connectivity index (χ0v) is 15.5. The van der Waals surface area contributed by atoms with Gasteiger partial charge in [0.15, 0.2) is 0 Å². The molecule has 132 valence electrons. The quantitative estimate of drug-likeness (QED) is 0.755. The summed E-state index contributed by atoms with van der Waals surface area (Å²) in [5.41, 5.74) is 0.681. The van der Waals surface area contributed by atoms with Crippen LogP contribution in [0.3, 0.4) is 0 Å². The second-order valence-corrected chi connectivity index (χ2v) is 7.54. The van der Waals surface area contributed by atoms with Gasteiger partial charge in [0, 0.05) is 37.9 Å². The third kappa shape index (κ3) is 4.56. The van der Waals surface area contributed by atoms with Crippen LogP contribution in [0.5, 0.6) is 0 Å². The maximum absolute atomic E-state index is 12.4. The molecule has 3 rings (SSSR count). The van der Waals surface area contributed by atoms with E-state index in [1.165, 1.54) is 38.5 Å². The Labute approximate surface area is 154 Å². The summed E-state index contributed by atoms with van der Waals surface area (Å²) < 4.78 is 0. The molecular formula is C18H25Cl2N3O. The van der Waals surface area contributed by atoms with Crippen molar-refractivity contribution in [1.82, 2.24) is 9.80 Å². The molecule has 6 heteroatoms. The number of rotatable bonds is 2. The fourth-order valence-corrected chi connectivity index (χ4v) is 3.99. The van der Waals surface area contributed by atoms with Crippen molar-refractivity contribution in [3.8, 4) is 0 Å². The minimum atomic E-state index is -0.0612. The van der Waals surface area contributed by atoms with Gasteiger partial charge in [-0.05, 0) is 31.0 Å². The van der Waals surface area contributed by atoms with Gasteiger partial charge in [0.05, 0.1) is 10.0 Å². The van der Waals surface area contributed by atoms with E-state index in [9.17, 15) is 4.79 Å². The van der Waals surface area contributed by atoms with E-state index in [0.29, 0.717) is 21.8 Å². The van der Waals surface area contributed by atoms with Crippen LogP contribution in [-0.4, -0.2) is 48.1 Å². The lowest BCUT2D eigenvalue weighted by atomic mass is 10.1. The van der Waals surface area contributed by atoms with E-state index in [1.54, 1.807) is 18.2 Å². The molecule has 1 aliphatic carbocycles. The van der Waals surface area contributed by atoms with Crippen molar-refractivity contribution in [3.05, 3.63) is 28.2 Å². The van der Waals surface area contributed by atoms with Gasteiger partial charge in [-0.25, -0.2) is 4.79 Å². The van der Waals surface area contributed by atoms with Crippen molar-refractivity contribution >= 4 is 34.9 Å². The van der Waals surface area contributed by atoms with Crippen LogP contribution in [0.15, 0.2) is 18.2 Å². The number of nitrogens with zero attached hydrogens (tertiary/aromatic N) is 2.